The second-order valence-corrected chi connectivity index (χ2v) is 7.51. The zero-order valence-corrected chi connectivity index (χ0v) is 12.0. The normalized spacial score (nSPS) is 31.9. The summed E-state index contributed by atoms with van der Waals surface area (Å²) >= 11 is 0. The smallest absolute Gasteiger partial charge is 0.169 e. The van der Waals surface area contributed by atoms with Gasteiger partial charge in [0.2, 0.25) is 0 Å². The summed E-state index contributed by atoms with van der Waals surface area (Å²) in [6.07, 6.45) is 2.03. The van der Waals surface area contributed by atoms with Gasteiger partial charge in [0.15, 0.2) is 15.6 Å². The first-order valence-electron chi connectivity index (χ1n) is 6.76. The monoisotopic (exact) mass is 277 g/mol. The van der Waals surface area contributed by atoms with Gasteiger partial charge in [-0.25, -0.2) is 8.42 Å². The molecule has 2 rings (SSSR count). The molecule has 0 bridgehead atoms. The van der Waals surface area contributed by atoms with Gasteiger partial charge < -0.3 is 14.8 Å². The van der Waals surface area contributed by atoms with Crippen molar-refractivity contribution in [1.29, 1.82) is 0 Å². The lowest BCUT2D eigenvalue weighted by Gasteiger charge is -2.40. The first-order chi connectivity index (χ1) is 8.53. The number of rotatable bonds is 4. The van der Waals surface area contributed by atoms with E-state index in [1.54, 1.807) is 6.92 Å². The highest BCUT2D eigenvalue weighted by Gasteiger charge is 2.48. The maximum Gasteiger partial charge on any atom is 0.169 e. The van der Waals surface area contributed by atoms with Crippen LogP contribution in [-0.4, -0.2) is 51.0 Å². The van der Waals surface area contributed by atoms with E-state index in [1.165, 1.54) is 0 Å². The number of sulfone groups is 1. The summed E-state index contributed by atoms with van der Waals surface area (Å²) in [6.45, 7) is 5.64. The van der Waals surface area contributed by atoms with Crippen LogP contribution in [0.25, 0.3) is 0 Å². The molecule has 2 aliphatic rings. The van der Waals surface area contributed by atoms with Crippen LogP contribution in [0.15, 0.2) is 0 Å². The van der Waals surface area contributed by atoms with E-state index in [1.807, 2.05) is 6.92 Å². The molecule has 2 fully saturated rings. The molecule has 1 saturated carbocycles. The Hall–Kier alpha value is -0.170. The van der Waals surface area contributed by atoms with Gasteiger partial charge in [0.25, 0.3) is 0 Å². The van der Waals surface area contributed by atoms with Gasteiger partial charge in [-0.2, -0.15) is 0 Å². The molecule has 1 aliphatic heterocycles. The van der Waals surface area contributed by atoms with Crippen molar-refractivity contribution in [2.24, 2.45) is 0 Å². The van der Waals surface area contributed by atoms with Crippen LogP contribution in [0.4, 0.5) is 0 Å². The van der Waals surface area contributed by atoms with Crippen LogP contribution in [0.1, 0.15) is 33.1 Å². The Morgan fingerprint density at radius 2 is 1.94 bits per heavy atom. The SMILES string of the molecule is CCNC1CCC2(CC1S(=O)(=O)CC)OCCO2. The highest BCUT2D eigenvalue weighted by Crippen LogP contribution is 2.38. The van der Waals surface area contributed by atoms with Crippen LogP contribution < -0.4 is 5.32 Å². The summed E-state index contributed by atoms with van der Waals surface area (Å²) in [6, 6.07) is 0.0263. The molecule has 6 heteroatoms. The van der Waals surface area contributed by atoms with Crippen LogP contribution in [0.3, 0.4) is 0 Å². The summed E-state index contributed by atoms with van der Waals surface area (Å²) in [5, 5.41) is 2.90. The summed E-state index contributed by atoms with van der Waals surface area (Å²) in [5.74, 6) is -0.464. The van der Waals surface area contributed by atoms with Crippen LogP contribution in [0.2, 0.25) is 0 Å². The second-order valence-electron chi connectivity index (χ2n) is 5.00. The van der Waals surface area contributed by atoms with Crippen molar-refractivity contribution >= 4 is 9.84 Å². The Morgan fingerprint density at radius 1 is 1.28 bits per heavy atom. The van der Waals surface area contributed by atoms with E-state index in [2.05, 4.69) is 5.32 Å². The van der Waals surface area contributed by atoms with Gasteiger partial charge in [-0.1, -0.05) is 13.8 Å². The van der Waals surface area contributed by atoms with Crippen molar-refractivity contribution in [3.63, 3.8) is 0 Å². The first kappa shape index (κ1) is 14.2. The topological polar surface area (TPSA) is 64.6 Å². The summed E-state index contributed by atoms with van der Waals surface area (Å²) in [5.41, 5.74) is 0. The van der Waals surface area contributed by atoms with Gasteiger partial charge in [-0.05, 0) is 13.0 Å². The zero-order valence-electron chi connectivity index (χ0n) is 11.1. The Balaban J connectivity index is 2.18. The van der Waals surface area contributed by atoms with Gasteiger partial charge in [0.05, 0.1) is 18.5 Å². The molecular formula is C12H23NO4S. The molecule has 1 heterocycles. The van der Waals surface area contributed by atoms with Crippen LogP contribution in [0, 0.1) is 0 Å². The lowest BCUT2D eigenvalue weighted by molar-refractivity contribution is -0.178. The molecule has 1 N–H and O–H groups in total. The molecule has 0 amide bonds. The number of nitrogens with one attached hydrogen (secondary N) is 1. The minimum absolute atomic E-state index is 0.0263. The minimum Gasteiger partial charge on any atom is -0.347 e. The molecule has 1 spiro atoms. The van der Waals surface area contributed by atoms with Gasteiger partial charge in [-0.15, -0.1) is 0 Å². The number of hydrogen-bond donors (Lipinski definition) is 1. The molecule has 0 radical (unpaired) electrons. The minimum atomic E-state index is -3.08. The van der Waals surface area contributed by atoms with Crippen molar-refractivity contribution in [3.8, 4) is 0 Å². The summed E-state index contributed by atoms with van der Waals surface area (Å²) in [4.78, 5) is 0. The fourth-order valence-electron chi connectivity index (χ4n) is 2.96. The highest BCUT2D eigenvalue weighted by atomic mass is 32.2. The standard InChI is InChI=1S/C12H23NO4S/c1-3-13-10-5-6-12(16-7-8-17-12)9-11(10)18(14,15)4-2/h10-11,13H,3-9H2,1-2H3. The van der Waals surface area contributed by atoms with Crippen LogP contribution in [-0.2, 0) is 19.3 Å². The predicted octanol–water partition coefficient (Wildman–Crippen LogP) is 0.695. The summed E-state index contributed by atoms with van der Waals surface area (Å²) < 4.78 is 35.8. The van der Waals surface area contributed by atoms with E-state index in [9.17, 15) is 8.42 Å². The first-order valence-corrected chi connectivity index (χ1v) is 8.47. The van der Waals surface area contributed by atoms with Crippen molar-refractivity contribution in [2.75, 3.05) is 25.5 Å². The lowest BCUT2D eigenvalue weighted by Crippen LogP contribution is -2.54. The molecule has 0 aromatic carbocycles. The highest BCUT2D eigenvalue weighted by molar-refractivity contribution is 7.92. The molecule has 18 heavy (non-hydrogen) atoms. The van der Waals surface area contributed by atoms with E-state index in [4.69, 9.17) is 9.47 Å². The molecule has 2 atom stereocenters. The zero-order chi connectivity index (χ0) is 13.2. The Labute approximate surface area is 109 Å². The average Bonchev–Trinajstić information content (AvgIpc) is 2.80. The molecular weight excluding hydrogens is 254 g/mol. The fraction of sp³-hybridized carbons (Fsp3) is 1.00. The van der Waals surface area contributed by atoms with Crippen LogP contribution in [0.5, 0.6) is 0 Å². The van der Waals surface area contributed by atoms with Crippen molar-refractivity contribution in [1.82, 2.24) is 5.32 Å². The number of hydrogen-bond acceptors (Lipinski definition) is 5. The molecule has 106 valence electrons. The second kappa shape index (κ2) is 5.45. The van der Waals surface area contributed by atoms with Gasteiger partial charge in [-0.3, -0.25) is 0 Å². The summed E-state index contributed by atoms with van der Waals surface area (Å²) in [7, 11) is -3.08. The van der Waals surface area contributed by atoms with E-state index < -0.39 is 20.9 Å². The Morgan fingerprint density at radius 3 is 2.50 bits per heavy atom. The Bertz CT molecular complexity index is 376. The Kier molecular flexibility index (Phi) is 4.31. The third kappa shape index (κ3) is 2.71. The molecule has 5 nitrogen and oxygen atoms in total. The van der Waals surface area contributed by atoms with Gasteiger partial charge in [0.1, 0.15) is 0 Å². The van der Waals surface area contributed by atoms with E-state index >= 15 is 0 Å². The molecule has 0 aromatic rings. The van der Waals surface area contributed by atoms with E-state index in [-0.39, 0.29) is 11.8 Å². The van der Waals surface area contributed by atoms with Gasteiger partial charge >= 0.3 is 0 Å². The largest absolute Gasteiger partial charge is 0.347 e. The van der Waals surface area contributed by atoms with Crippen molar-refractivity contribution in [2.45, 2.75) is 50.2 Å². The quantitative estimate of drug-likeness (QED) is 0.819. The fourth-order valence-corrected chi connectivity index (χ4v) is 4.63. The van der Waals surface area contributed by atoms with Crippen molar-refractivity contribution in [3.05, 3.63) is 0 Å². The maximum absolute atomic E-state index is 12.2. The molecule has 1 aliphatic carbocycles. The predicted molar refractivity (Wildman–Crippen MR) is 69.2 cm³/mol. The van der Waals surface area contributed by atoms with E-state index in [0.29, 0.717) is 19.6 Å². The van der Waals surface area contributed by atoms with Crippen molar-refractivity contribution < 1.29 is 17.9 Å². The third-order valence-corrected chi connectivity index (χ3v) is 6.16. The number of ether oxygens (including phenoxy) is 2. The molecule has 0 aromatic heterocycles. The van der Waals surface area contributed by atoms with E-state index in [0.717, 1.165) is 19.4 Å². The molecule has 1 saturated heterocycles. The lowest BCUT2D eigenvalue weighted by atomic mass is 9.89. The van der Waals surface area contributed by atoms with Gasteiger partial charge in [0, 0.05) is 24.6 Å². The average molecular weight is 277 g/mol. The molecule has 2 unspecified atom stereocenters. The maximum atomic E-state index is 12.2. The third-order valence-electron chi connectivity index (χ3n) is 3.94. The van der Waals surface area contributed by atoms with Crippen LogP contribution >= 0.6 is 0 Å².